The summed E-state index contributed by atoms with van der Waals surface area (Å²) in [6.07, 6.45) is 4.94. The van der Waals surface area contributed by atoms with Crippen molar-refractivity contribution in [2.24, 2.45) is 12.5 Å². The molecule has 0 atom stereocenters. The standard InChI is InChI=1S/C21H25N5O3/c1-21(2,3)14-29-20(28)23-16-7-5-6-15(10-16)11-18-19(27)8-9-26(24-18)17-12-22-25(4)13-17/h5-10,12-13H,11,14H2,1-4H3,(H,23,28). The van der Waals surface area contributed by atoms with Gasteiger partial charge in [0.1, 0.15) is 11.4 Å². The van der Waals surface area contributed by atoms with Crippen LogP contribution in [0.3, 0.4) is 0 Å². The normalized spacial score (nSPS) is 11.3. The number of nitrogens with zero attached hydrogens (tertiary/aromatic N) is 4. The third kappa shape index (κ3) is 5.78. The number of amides is 1. The number of aromatic nitrogens is 4. The highest BCUT2D eigenvalue weighted by Crippen LogP contribution is 2.16. The van der Waals surface area contributed by atoms with Gasteiger partial charge in [-0.1, -0.05) is 32.9 Å². The van der Waals surface area contributed by atoms with Gasteiger partial charge in [-0.2, -0.15) is 10.2 Å². The Morgan fingerprint density at radius 2 is 2.03 bits per heavy atom. The monoisotopic (exact) mass is 395 g/mol. The van der Waals surface area contributed by atoms with E-state index in [1.54, 1.807) is 33.9 Å². The highest BCUT2D eigenvalue weighted by atomic mass is 16.5. The van der Waals surface area contributed by atoms with Gasteiger partial charge in [0, 0.05) is 31.4 Å². The zero-order valence-electron chi connectivity index (χ0n) is 17.0. The highest BCUT2D eigenvalue weighted by Gasteiger charge is 2.14. The van der Waals surface area contributed by atoms with Crippen molar-refractivity contribution in [1.29, 1.82) is 0 Å². The molecule has 8 heteroatoms. The van der Waals surface area contributed by atoms with Crippen LogP contribution in [0.4, 0.5) is 10.5 Å². The fourth-order valence-electron chi connectivity index (χ4n) is 2.63. The van der Waals surface area contributed by atoms with Crippen molar-refractivity contribution >= 4 is 11.8 Å². The van der Waals surface area contributed by atoms with Crippen molar-refractivity contribution in [3.8, 4) is 5.69 Å². The second kappa shape index (κ2) is 8.30. The van der Waals surface area contributed by atoms with Crippen molar-refractivity contribution in [3.63, 3.8) is 0 Å². The maximum atomic E-state index is 12.3. The van der Waals surface area contributed by atoms with Crippen molar-refractivity contribution in [2.45, 2.75) is 27.2 Å². The van der Waals surface area contributed by atoms with Gasteiger partial charge in [-0.3, -0.25) is 14.8 Å². The van der Waals surface area contributed by atoms with Gasteiger partial charge in [0.05, 0.1) is 19.0 Å². The Morgan fingerprint density at radius 1 is 1.24 bits per heavy atom. The molecule has 2 heterocycles. The van der Waals surface area contributed by atoms with Crippen molar-refractivity contribution in [3.05, 3.63) is 70.4 Å². The lowest BCUT2D eigenvalue weighted by Gasteiger charge is -2.18. The van der Waals surface area contributed by atoms with Crippen molar-refractivity contribution in [1.82, 2.24) is 19.6 Å². The van der Waals surface area contributed by atoms with E-state index in [1.165, 1.54) is 6.07 Å². The Morgan fingerprint density at radius 3 is 2.72 bits per heavy atom. The Kier molecular flexibility index (Phi) is 5.81. The first-order chi connectivity index (χ1) is 13.7. The van der Waals surface area contributed by atoms with E-state index in [9.17, 15) is 9.59 Å². The minimum atomic E-state index is -0.506. The molecule has 0 fully saturated rings. The van der Waals surface area contributed by atoms with Gasteiger partial charge < -0.3 is 4.74 Å². The summed E-state index contributed by atoms with van der Waals surface area (Å²) in [7, 11) is 1.82. The van der Waals surface area contributed by atoms with Gasteiger partial charge in [-0.25, -0.2) is 9.48 Å². The number of rotatable bonds is 5. The highest BCUT2D eigenvalue weighted by molar-refractivity contribution is 5.84. The van der Waals surface area contributed by atoms with E-state index in [-0.39, 0.29) is 10.8 Å². The van der Waals surface area contributed by atoms with Crippen molar-refractivity contribution < 1.29 is 9.53 Å². The van der Waals surface area contributed by atoms with Crippen LogP contribution in [0.5, 0.6) is 0 Å². The smallest absolute Gasteiger partial charge is 0.411 e. The summed E-state index contributed by atoms with van der Waals surface area (Å²) < 4.78 is 8.52. The fraction of sp³-hybridized carbons (Fsp3) is 0.333. The number of benzene rings is 1. The molecule has 0 aliphatic carbocycles. The summed E-state index contributed by atoms with van der Waals surface area (Å²) in [6, 6.07) is 8.77. The number of nitrogens with one attached hydrogen (secondary N) is 1. The predicted octanol–water partition coefficient (Wildman–Crippen LogP) is 3.15. The van der Waals surface area contributed by atoms with Crippen LogP contribution in [0.2, 0.25) is 0 Å². The minimum absolute atomic E-state index is 0.105. The molecule has 1 aromatic carbocycles. The van der Waals surface area contributed by atoms with Gasteiger partial charge in [0.2, 0.25) is 5.43 Å². The Balaban J connectivity index is 1.73. The van der Waals surface area contributed by atoms with E-state index in [0.717, 1.165) is 11.3 Å². The van der Waals surface area contributed by atoms with E-state index in [1.807, 2.05) is 46.1 Å². The summed E-state index contributed by atoms with van der Waals surface area (Å²) in [6.45, 7) is 6.30. The van der Waals surface area contributed by atoms with Crippen LogP contribution >= 0.6 is 0 Å². The molecule has 0 aliphatic rings. The molecule has 0 saturated carbocycles. The molecule has 29 heavy (non-hydrogen) atoms. The second-order valence-corrected chi connectivity index (χ2v) is 8.08. The van der Waals surface area contributed by atoms with E-state index >= 15 is 0 Å². The first-order valence-corrected chi connectivity index (χ1v) is 9.30. The first kappa shape index (κ1) is 20.3. The lowest BCUT2D eigenvalue weighted by molar-refractivity contribution is 0.118. The molecule has 152 valence electrons. The molecular weight excluding hydrogens is 370 g/mol. The summed E-state index contributed by atoms with van der Waals surface area (Å²) in [4.78, 5) is 24.2. The minimum Gasteiger partial charge on any atom is -0.449 e. The lowest BCUT2D eigenvalue weighted by Crippen LogP contribution is -2.22. The van der Waals surface area contributed by atoms with Crippen LogP contribution in [0.25, 0.3) is 5.69 Å². The zero-order chi connectivity index (χ0) is 21.0. The topological polar surface area (TPSA) is 91.0 Å². The number of anilines is 1. The third-order valence-electron chi connectivity index (χ3n) is 4.02. The van der Waals surface area contributed by atoms with Gasteiger partial charge >= 0.3 is 6.09 Å². The molecule has 8 nitrogen and oxygen atoms in total. The van der Waals surface area contributed by atoms with Crippen LogP contribution in [-0.2, 0) is 18.2 Å². The SMILES string of the molecule is Cn1cc(-n2ccc(=O)c(Cc3cccc(NC(=O)OCC(C)(C)C)c3)n2)cn1. The largest absolute Gasteiger partial charge is 0.449 e. The van der Waals surface area contributed by atoms with Gasteiger partial charge in [-0.05, 0) is 23.1 Å². The zero-order valence-corrected chi connectivity index (χ0v) is 17.0. The number of carbonyl (C=O) groups excluding carboxylic acids is 1. The first-order valence-electron chi connectivity index (χ1n) is 9.30. The van der Waals surface area contributed by atoms with Crippen LogP contribution < -0.4 is 10.7 Å². The Bertz CT molecular complexity index is 1060. The van der Waals surface area contributed by atoms with E-state index in [2.05, 4.69) is 15.5 Å². The molecule has 0 saturated heterocycles. The fourth-order valence-corrected chi connectivity index (χ4v) is 2.63. The van der Waals surface area contributed by atoms with Crippen LogP contribution in [0.15, 0.2) is 53.7 Å². The molecule has 1 N–H and O–H groups in total. The molecule has 3 rings (SSSR count). The van der Waals surface area contributed by atoms with Crippen LogP contribution in [0, 0.1) is 5.41 Å². The molecule has 0 radical (unpaired) electrons. The summed E-state index contributed by atoms with van der Waals surface area (Å²) in [5, 5.41) is 11.3. The van der Waals surface area contributed by atoms with E-state index < -0.39 is 6.09 Å². The molecular formula is C21H25N5O3. The Hall–Kier alpha value is -3.42. The molecule has 2 aromatic heterocycles. The average molecular weight is 395 g/mol. The summed E-state index contributed by atoms with van der Waals surface area (Å²) >= 11 is 0. The molecule has 0 unspecified atom stereocenters. The van der Waals surface area contributed by atoms with Crippen LogP contribution in [-0.4, -0.2) is 32.3 Å². The number of ether oxygens (including phenoxy) is 1. The number of hydrogen-bond acceptors (Lipinski definition) is 5. The average Bonchev–Trinajstić information content (AvgIpc) is 3.08. The Labute approximate surface area is 169 Å². The maximum absolute atomic E-state index is 12.3. The van der Waals surface area contributed by atoms with Gasteiger partial charge in [0.15, 0.2) is 0 Å². The molecule has 0 bridgehead atoms. The molecule has 0 spiro atoms. The second-order valence-electron chi connectivity index (χ2n) is 8.08. The molecule has 3 aromatic rings. The number of carbonyl (C=O) groups is 1. The number of aryl methyl sites for hydroxylation is 1. The van der Waals surface area contributed by atoms with Gasteiger partial charge in [0.25, 0.3) is 0 Å². The lowest BCUT2D eigenvalue weighted by atomic mass is 9.99. The van der Waals surface area contributed by atoms with Gasteiger partial charge in [-0.15, -0.1) is 0 Å². The predicted molar refractivity (Wildman–Crippen MR) is 110 cm³/mol. The molecule has 1 amide bonds. The number of hydrogen-bond donors (Lipinski definition) is 1. The van der Waals surface area contributed by atoms with E-state index in [0.29, 0.717) is 24.4 Å². The third-order valence-corrected chi connectivity index (χ3v) is 4.02. The van der Waals surface area contributed by atoms with E-state index in [4.69, 9.17) is 4.74 Å². The summed E-state index contributed by atoms with van der Waals surface area (Å²) in [5.74, 6) is 0. The molecule has 0 aliphatic heterocycles. The summed E-state index contributed by atoms with van der Waals surface area (Å²) in [5.41, 5.74) is 2.38. The quantitative estimate of drug-likeness (QED) is 0.717. The van der Waals surface area contributed by atoms with Crippen LogP contribution in [0.1, 0.15) is 32.0 Å². The maximum Gasteiger partial charge on any atom is 0.411 e. The van der Waals surface area contributed by atoms with Crippen molar-refractivity contribution in [2.75, 3.05) is 11.9 Å².